The second kappa shape index (κ2) is 16.6. The van der Waals surface area contributed by atoms with Crippen LogP contribution in [-0.2, 0) is 14.4 Å². The van der Waals surface area contributed by atoms with Gasteiger partial charge in [-0.2, -0.15) is 11.8 Å². The highest BCUT2D eigenvalue weighted by Crippen LogP contribution is 1.97. The minimum Gasteiger partial charge on any atom is -0.480 e. The van der Waals surface area contributed by atoms with Crippen molar-refractivity contribution in [1.29, 1.82) is 0 Å². The second-order valence-corrected chi connectivity index (χ2v) is 3.91. The summed E-state index contributed by atoms with van der Waals surface area (Å²) in [5, 5.41) is 23.5. The first-order valence-corrected chi connectivity index (χ1v) is 6.43. The van der Waals surface area contributed by atoms with Gasteiger partial charge in [0.25, 0.3) is 0 Å². The molecular formula is C9H21N3O6S. The molecule has 0 aromatic carbocycles. The number of rotatable bonds is 6. The molecule has 0 saturated carbocycles. The minimum absolute atomic E-state index is 0.278. The minimum atomic E-state index is -0.968. The molecule has 0 amide bonds. The molecule has 0 aliphatic rings. The van der Waals surface area contributed by atoms with Crippen molar-refractivity contribution in [2.45, 2.75) is 12.5 Å². The van der Waals surface area contributed by atoms with E-state index in [4.69, 9.17) is 21.1 Å². The van der Waals surface area contributed by atoms with Gasteiger partial charge in [-0.25, -0.2) is 0 Å². The Balaban J connectivity index is -0.000000219. The third-order valence-electron chi connectivity index (χ3n) is 1.30. The summed E-state index contributed by atoms with van der Waals surface area (Å²) < 4.78 is 0. The summed E-state index contributed by atoms with van der Waals surface area (Å²) in [5.74, 6) is -2.04. The Morgan fingerprint density at radius 1 is 1.05 bits per heavy atom. The van der Waals surface area contributed by atoms with Crippen LogP contribution in [0.3, 0.4) is 0 Å². The molecule has 0 aromatic rings. The molecule has 0 saturated heterocycles. The van der Waals surface area contributed by atoms with E-state index >= 15 is 0 Å². The highest BCUT2D eigenvalue weighted by molar-refractivity contribution is 7.98. The van der Waals surface area contributed by atoms with Crippen LogP contribution in [0.2, 0.25) is 0 Å². The number of carboxylic acid groups (broad SMARTS) is 3. The third kappa shape index (κ3) is 31.5. The van der Waals surface area contributed by atoms with Crippen LogP contribution in [0.5, 0.6) is 0 Å². The van der Waals surface area contributed by atoms with Crippen LogP contribution in [0.4, 0.5) is 0 Å². The summed E-state index contributed by atoms with van der Waals surface area (Å²) in [6.45, 7) is -0.556. The molecule has 0 heterocycles. The lowest BCUT2D eigenvalue weighted by Gasteiger charge is -2.02. The number of nitrogens with two attached hydrogens (primary N) is 3. The van der Waals surface area contributed by atoms with Gasteiger partial charge in [-0.3, -0.25) is 14.4 Å². The number of hydrogen-bond acceptors (Lipinski definition) is 7. The Bertz CT molecular complexity index is 250. The van der Waals surface area contributed by atoms with Gasteiger partial charge in [-0.05, 0) is 18.4 Å². The lowest BCUT2D eigenvalue weighted by Crippen LogP contribution is -2.30. The molecule has 0 bridgehead atoms. The average Bonchev–Trinajstić information content (AvgIpc) is 2.36. The highest BCUT2D eigenvalue weighted by Gasteiger charge is 2.08. The molecule has 0 rings (SSSR count). The zero-order valence-electron chi connectivity index (χ0n) is 10.6. The van der Waals surface area contributed by atoms with Crippen molar-refractivity contribution in [3.8, 4) is 0 Å². The van der Waals surface area contributed by atoms with Crippen LogP contribution in [0.25, 0.3) is 0 Å². The van der Waals surface area contributed by atoms with Crippen LogP contribution < -0.4 is 17.2 Å². The topological polar surface area (TPSA) is 190 Å². The van der Waals surface area contributed by atoms with Gasteiger partial charge >= 0.3 is 17.9 Å². The maximum absolute atomic E-state index is 10.1. The van der Waals surface area contributed by atoms with E-state index in [9.17, 15) is 14.4 Å². The Morgan fingerprint density at radius 3 is 1.53 bits per heavy atom. The van der Waals surface area contributed by atoms with Gasteiger partial charge in [0.1, 0.15) is 6.04 Å². The fraction of sp³-hybridized carbons (Fsp3) is 0.667. The summed E-state index contributed by atoms with van der Waals surface area (Å²) in [5.41, 5.74) is 14.3. The van der Waals surface area contributed by atoms with Crippen molar-refractivity contribution >= 4 is 29.7 Å². The van der Waals surface area contributed by atoms with E-state index in [0.29, 0.717) is 6.42 Å². The quantitative estimate of drug-likeness (QED) is 0.326. The standard InChI is InChI=1S/C5H11NO2S.2C2H5NO2/c1-9-3-2-4(6)5(7)8;2*3-1-2(4)5/h4H,2-3,6H2,1H3,(H,7,8);2*1,3H2,(H,4,5). The zero-order valence-corrected chi connectivity index (χ0v) is 11.4. The van der Waals surface area contributed by atoms with Gasteiger partial charge in [0.15, 0.2) is 0 Å². The summed E-state index contributed by atoms with van der Waals surface area (Å²) >= 11 is 1.60. The molecule has 1 atom stereocenters. The Labute approximate surface area is 115 Å². The number of thioether (sulfide) groups is 1. The van der Waals surface area contributed by atoms with Crippen LogP contribution >= 0.6 is 11.8 Å². The van der Waals surface area contributed by atoms with Crippen molar-refractivity contribution in [2.75, 3.05) is 25.1 Å². The van der Waals surface area contributed by atoms with E-state index in [1.807, 2.05) is 6.26 Å². The number of carbonyl (C=O) groups is 3. The van der Waals surface area contributed by atoms with Gasteiger partial charge in [-0.15, -0.1) is 0 Å². The lowest BCUT2D eigenvalue weighted by atomic mass is 10.2. The van der Waals surface area contributed by atoms with Crippen LogP contribution in [-0.4, -0.2) is 64.4 Å². The van der Waals surface area contributed by atoms with E-state index in [1.165, 1.54) is 0 Å². The molecular weight excluding hydrogens is 278 g/mol. The first-order chi connectivity index (χ1) is 8.72. The maximum atomic E-state index is 10.1. The van der Waals surface area contributed by atoms with Gasteiger partial charge in [0.2, 0.25) is 0 Å². The normalized spacial score (nSPS) is 10.1. The van der Waals surface area contributed by atoms with Crippen molar-refractivity contribution in [3.05, 3.63) is 0 Å². The molecule has 0 fully saturated rings. The predicted molar refractivity (Wildman–Crippen MR) is 72.0 cm³/mol. The third-order valence-corrected chi connectivity index (χ3v) is 1.94. The van der Waals surface area contributed by atoms with E-state index in [1.54, 1.807) is 11.8 Å². The largest absolute Gasteiger partial charge is 0.480 e. The molecule has 9 N–H and O–H groups in total. The molecule has 9 nitrogen and oxygen atoms in total. The fourth-order valence-electron chi connectivity index (χ4n) is 0.368. The predicted octanol–water partition coefficient (Wildman–Crippen LogP) is -1.79. The van der Waals surface area contributed by atoms with Gasteiger partial charge < -0.3 is 32.5 Å². The Kier molecular flexibility index (Phi) is 20.0. The first-order valence-electron chi connectivity index (χ1n) is 5.03. The summed E-state index contributed by atoms with van der Waals surface area (Å²) in [7, 11) is 0. The molecule has 0 spiro atoms. The fourth-order valence-corrected chi connectivity index (χ4v) is 0.858. The van der Waals surface area contributed by atoms with Crippen molar-refractivity contribution < 1.29 is 29.7 Å². The summed E-state index contributed by atoms with van der Waals surface area (Å²) in [4.78, 5) is 28.6. The molecule has 10 heteroatoms. The van der Waals surface area contributed by atoms with Crippen LogP contribution in [0.15, 0.2) is 0 Å². The van der Waals surface area contributed by atoms with Crippen molar-refractivity contribution in [3.63, 3.8) is 0 Å². The molecule has 0 aromatic heterocycles. The number of carboxylic acids is 3. The Hall–Kier alpha value is -1.36. The second-order valence-electron chi connectivity index (χ2n) is 2.92. The number of hydrogen-bond donors (Lipinski definition) is 6. The molecule has 0 radical (unpaired) electrons. The zero-order chi connectivity index (χ0) is 15.8. The van der Waals surface area contributed by atoms with Crippen molar-refractivity contribution in [2.24, 2.45) is 17.2 Å². The molecule has 114 valence electrons. The maximum Gasteiger partial charge on any atom is 0.320 e. The highest BCUT2D eigenvalue weighted by atomic mass is 32.2. The summed E-state index contributed by atoms with van der Waals surface area (Å²) in [6, 6.07) is -0.683. The molecule has 1 unspecified atom stereocenters. The Morgan fingerprint density at radius 2 is 1.37 bits per heavy atom. The van der Waals surface area contributed by atoms with Crippen LogP contribution in [0.1, 0.15) is 6.42 Å². The lowest BCUT2D eigenvalue weighted by molar-refractivity contribution is -0.138. The van der Waals surface area contributed by atoms with Gasteiger partial charge in [-0.1, -0.05) is 0 Å². The van der Waals surface area contributed by atoms with E-state index in [0.717, 1.165) is 5.75 Å². The van der Waals surface area contributed by atoms with E-state index in [-0.39, 0.29) is 13.1 Å². The summed E-state index contributed by atoms with van der Waals surface area (Å²) in [6.07, 6.45) is 2.48. The molecule has 19 heavy (non-hydrogen) atoms. The smallest absolute Gasteiger partial charge is 0.320 e. The first kappa shape index (κ1) is 22.8. The van der Waals surface area contributed by atoms with E-state index < -0.39 is 23.9 Å². The van der Waals surface area contributed by atoms with Crippen molar-refractivity contribution in [1.82, 2.24) is 0 Å². The number of aliphatic carboxylic acids is 3. The van der Waals surface area contributed by atoms with Gasteiger partial charge in [0.05, 0.1) is 13.1 Å². The van der Waals surface area contributed by atoms with Gasteiger partial charge in [0, 0.05) is 0 Å². The molecule has 0 aliphatic heterocycles. The molecule has 0 aliphatic carbocycles. The van der Waals surface area contributed by atoms with E-state index in [2.05, 4.69) is 11.5 Å². The monoisotopic (exact) mass is 299 g/mol. The van der Waals surface area contributed by atoms with Crippen LogP contribution in [0, 0.1) is 0 Å². The average molecular weight is 299 g/mol. The SMILES string of the molecule is CSCCC(N)C(=O)O.NCC(=O)O.NCC(=O)O.